The van der Waals surface area contributed by atoms with Gasteiger partial charge in [0.25, 0.3) is 0 Å². The van der Waals surface area contributed by atoms with Crippen molar-refractivity contribution in [2.24, 2.45) is 5.41 Å². The smallest absolute Gasteiger partial charge is 0.179 e. The molecule has 4 nitrogen and oxygen atoms in total. The predicted octanol–water partition coefficient (Wildman–Crippen LogP) is 4.40. The molecule has 0 unspecified atom stereocenters. The van der Waals surface area contributed by atoms with Crippen molar-refractivity contribution in [2.75, 3.05) is 5.75 Å². The quantitative estimate of drug-likeness (QED) is 0.772. The van der Waals surface area contributed by atoms with Crippen molar-refractivity contribution in [2.45, 2.75) is 56.4 Å². The van der Waals surface area contributed by atoms with Crippen LogP contribution in [0.4, 0.5) is 4.39 Å². The van der Waals surface area contributed by atoms with Gasteiger partial charge in [0.1, 0.15) is 11.6 Å². The number of aliphatic hydroxyl groups is 1. The summed E-state index contributed by atoms with van der Waals surface area (Å²) in [4.78, 5) is 0.130. The maximum atomic E-state index is 13.5. The molecule has 6 heteroatoms. The number of sulfone groups is 1. The van der Waals surface area contributed by atoms with E-state index in [0.29, 0.717) is 24.0 Å². The summed E-state index contributed by atoms with van der Waals surface area (Å²) in [5.74, 6) is -1.28. The molecule has 1 heterocycles. The molecule has 1 aliphatic rings. The van der Waals surface area contributed by atoms with Crippen LogP contribution in [0.25, 0.3) is 0 Å². The largest absolute Gasteiger partial charge is 0.508 e. The lowest BCUT2D eigenvalue weighted by molar-refractivity contribution is 0.0173. The Morgan fingerprint density at radius 3 is 2.43 bits per heavy atom. The Morgan fingerprint density at radius 2 is 1.82 bits per heavy atom. The van der Waals surface area contributed by atoms with E-state index in [1.165, 1.54) is 30.3 Å². The van der Waals surface area contributed by atoms with Gasteiger partial charge in [-0.2, -0.15) is 0 Å². The van der Waals surface area contributed by atoms with Crippen molar-refractivity contribution in [3.63, 3.8) is 0 Å². The van der Waals surface area contributed by atoms with Gasteiger partial charge in [-0.1, -0.05) is 38.8 Å². The molecule has 0 bridgehead atoms. The van der Waals surface area contributed by atoms with E-state index in [2.05, 4.69) is 0 Å². The molecule has 1 aliphatic heterocycles. The molecule has 28 heavy (non-hydrogen) atoms. The maximum Gasteiger partial charge on any atom is 0.179 e. The average molecular weight is 407 g/mol. The second-order valence-electron chi connectivity index (χ2n) is 7.77. The van der Waals surface area contributed by atoms with E-state index >= 15 is 0 Å². The summed E-state index contributed by atoms with van der Waals surface area (Å²) < 4.78 is 40.0. The second kappa shape index (κ2) is 7.84. The van der Waals surface area contributed by atoms with Gasteiger partial charge in [0, 0.05) is 11.3 Å². The first-order valence-electron chi connectivity index (χ1n) is 9.73. The number of halogens is 1. The Hall–Kier alpha value is -1.92. The first-order chi connectivity index (χ1) is 13.2. The summed E-state index contributed by atoms with van der Waals surface area (Å²) in [6.45, 7) is 3.94. The summed E-state index contributed by atoms with van der Waals surface area (Å²) in [5.41, 5.74) is 0.181. The van der Waals surface area contributed by atoms with Crippen LogP contribution in [0.5, 0.6) is 5.75 Å². The van der Waals surface area contributed by atoms with E-state index in [4.69, 9.17) is 0 Å². The number of phenolic OH excluding ortho intramolecular Hbond substituents is 1. The summed E-state index contributed by atoms with van der Waals surface area (Å²) in [6.07, 6.45) is 1.80. The van der Waals surface area contributed by atoms with Crippen molar-refractivity contribution >= 4 is 9.84 Å². The SMILES string of the molecule is CCCC[C@]1(CC)CS(=O)(=O)c2ccc(O)cc2[C@@H](c2ccc(F)cc2)[C@H]1O. The van der Waals surface area contributed by atoms with Crippen LogP contribution in [0.3, 0.4) is 0 Å². The van der Waals surface area contributed by atoms with Gasteiger partial charge >= 0.3 is 0 Å². The van der Waals surface area contributed by atoms with Crippen LogP contribution in [0, 0.1) is 11.2 Å². The first-order valence-corrected chi connectivity index (χ1v) is 11.4. The average Bonchev–Trinajstić information content (AvgIpc) is 2.72. The number of hydrogen-bond donors (Lipinski definition) is 2. The van der Waals surface area contributed by atoms with Gasteiger partial charge in [-0.15, -0.1) is 0 Å². The van der Waals surface area contributed by atoms with E-state index in [1.54, 1.807) is 12.1 Å². The van der Waals surface area contributed by atoms with Gasteiger partial charge in [-0.25, -0.2) is 12.8 Å². The molecule has 0 aliphatic carbocycles. The topological polar surface area (TPSA) is 74.6 Å². The number of unbranched alkanes of at least 4 members (excludes halogenated alkanes) is 1. The van der Waals surface area contributed by atoms with Gasteiger partial charge in [0.05, 0.1) is 16.8 Å². The van der Waals surface area contributed by atoms with Crippen LogP contribution in [-0.4, -0.2) is 30.5 Å². The van der Waals surface area contributed by atoms with Gasteiger partial charge in [-0.05, 0) is 54.3 Å². The van der Waals surface area contributed by atoms with Crippen LogP contribution in [-0.2, 0) is 9.84 Å². The molecule has 2 aromatic rings. The molecule has 0 fully saturated rings. The number of benzene rings is 2. The van der Waals surface area contributed by atoms with Crippen molar-refractivity contribution in [1.29, 1.82) is 0 Å². The molecule has 0 spiro atoms. The first kappa shape index (κ1) is 20.8. The maximum absolute atomic E-state index is 13.5. The van der Waals surface area contributed by atoms with Crippen molar-refractivity contribution in [1.82, 2.24) is 0 Å². The summed E-state index contributed by atoms with van der Waals surface area (Å²) >= 11 is 0. The number of rotatable bonds is 5. The molecular formula is C22H27FO4S. The van der Waals surface area contributed by atoms with Gasteiger partial charge in [0.15, 0.2) is 9.84 Å². The molecule has 0 amide bonds. The standard InChI is InChI=1S/C22H27FO4S/c1-3-5-12-22(4-2)14-28(26,27)19-11-10-17(24)13-18(19)20(21(22)25)15-6-8-16(23)9-7-15/h6-11,13,20-21,24-25H,3-5,12,14H2,1-2H3/t20-,21-,22-/m1/s1. The van der Waals surface area contributed by atoms with Crippen LogP contribution in [0.1, 0.15) is 56.6 Å². The van der Waals surface area contributed by atoms with E-state index in [0.717, 1.165) is 12.8 Å². The van der Waals surface area contributed by atoms with Crippen LogP contribution < -0.4 is 0 Å². The van der Waals surface area contributed by atoms with E-state index in [-0.39, 0.29) is 16.4 Å². The van der Waals surface area contributed by atoms with Crippen LogP contribution >= 0.6 is 0 Å². The number of hydrogen-bond acceptors (Lipinski definition) is 4. The molecule has 152 valence electrons. The zero-order valence-corrected chi connectivity index (χ0v) is 17.0. The Morgan fingerprint density at radius 1 is 1.14 bits per heavy atom. The molecule has 3 atom stereocenters. The van der Waals surface area contributed by atoms with Crippen molar-refractivity contribution in [3.05, 3.63) is 59.4 Å². The predicted molar refractivity (Wildman–Crippen MR) is 107 cm³/mol. The lowest BCUT2D eigenvalue weighted by Gasteiger charge is -2.39. The zero-order chi connectivity index (χ0) is 20.5. The highest BCUT2D eigenvalue weighted by Crippen LogP contribution is 2.49. The van der Waals surface area contributed by atoms with E-state index < -0.39 is 33.1 Å². The third kappa shape index (κ3) is 3.67. The highest BCUT2D eigenvalue weighted by Gasteiger charge is 2.48. The van der Waals surface area contributed by atoms with Crippen LogP contribution in [0.15, 0.2) is 47.4 Å². The van der Waals surface area contributed by atoms with Gasteiger partial charge in [-0.3, -0.25) is 0 Å². The number of aliphatic hydroxyl groups excluding tert-OH is 1. The van der Waals surface area contributed by atoms with Gasteiger partial charge in [0.2, 0.25) is 0 Å². The fourth-order valence-electron chi connectivity index (χ4n) is 4.40. The van der Waals surface area contributed by atoms with Crippen LogP contribution in [0.2, 0.25) is 0 Å². The fourth-order valence-corrected chi connectivity index (χ4v) is 6.65. The Balaban J connectivity index is 2.28. The monoisotopic (exact) mass is 406 g/mol. The molecule has 2 N–H and O–H groups in total. The minimum absolute atomic E-state index is 0.0641. The molecule has 0 radical (unpaired) electrons. The van der Waals surface area contributed by atoms with E-state index in [1.807, 2.05) is 13.8 Å². The fraction of sp³-hybridized carbons (Fsp3) is 0.455. The number of phenols is 1. The Labute approximate surface area is 166 Å². The number of aromatic hydroxyl groups is 1. The lowest BCUT2D eigenvalue weighted by atomic mass is 9.69. The molecule has 0 saturated heterocycles. The third-order valence-corrected chi connectivity index (χ3v) is 8.04. The summed E-state index contributed by atoms with van der Waals surface area (Å²) in [6, 6.07) is 9.96. The molecule has 2 aromatic carbocycles. The van der Waals surface area contributed by atoms with Crippen molar-refractivity contribution < 1.29 is 23.0 Å². The second-order valence-corrected chi connectivity index (χ2v) is 9.73. The highest BCUT2D eigenvalue weighted by atomic mass is 32.2. The van der Waals surface area contributed by atoms with Gasteiger partial charge < -0.3 is 10.2 Å². The molecule has 0 saturated carbocycles. The third-order valence-electron chi connectivity index (χ3n) is 6.05. The summed E-state index contributed by atoms with van der Waals surface area (Å²) in [7, 11) is -3.67. The highest BCUT2D eigenvalue weighted by molar-refractivity contribution is 7.91. The van der Waals surface area contributed by atoms with Crippen molar-refractivity contribution in [3.8, 4) is 5.75 Å². The summed E-state index contributed by atoms with van der Waals surface area (Å²) in [5, 5.41) is 21.6. The zero-order valence-electron chi connectivity index (χ0n) is 16.2. The molecule has 3 rings (SSSR count). The minimum atomic E-state index is -3.67. The minimum Gasteiger partial charge on any atom is -0.508 e. The molecule has 0 aromatic heterocycles. The van der Waals surface area contributed by atoms with E-state index in [9.17, 15) is 23.0 Å². The Kier molecular flexibility index (Phi) is 5.82. The molecular weight excluding hydrogens is 379 g/mol. The number of fused-ring (bicyclic) bond motifs is 1. The Bertz CT molecular complexity index is 940. The normalized spacial score (nSPS) is 26.4. The lowest BCUT2D eigenvalue weighted by Crippen LogP contribution is -2.42.